The molecule has 1 fully saturated rings. The van der Waals surface area contributed by atoms with Crippen molar-refractivity contribution in [2.45, 2.75) is 27.2 Å². The van der Waals surface area contributed by atoms with Gasteiger partial charge in [-0.2, -0.15) is 0 Å². The fourth-order valence-corrected chi connectivity index (χ4v) is 3.47. The summed E-state index contributed by atoms with van der Waals surface area (Å²) >= 11 is 0. The molecule has 24 heavy (non-hydrogen) atoms. The van der Waals surface area contributed by atoms with Crippen molar-refractivity contribution in [3.63, 3.8) is 0 Å². The molecule has 0 spiro atoms. The molecule has 130 valence electrons. The molecule has 1 aromatic carbocycles. The van der Waals surface area contributed by atoms with E-state index in [2.05, 4.69) is 10.2 Å². The highest BCUT2D eigenvalue weighted by atomic mass is 16.6. The van der Waals surface area contributed by atoms with Crippen LogP contribution in [0.4, 0.5) is 17.1 Å². The van der Waals surface area contributed by atoms with Crippen LogP contribution in [0.25, 0.3) is 0 Å². The van der Waals surface area contributed by atoms with E-state index >= 15 is 0 Å². The van der Waals surface area contributed by atoms with E-state index in [-0.39, 0.29) is 16.5 Å². The minimum atomic E-state index is -0.397. The van der Waals surface area contributed by atoms with Crippen molar-refractivity contribution in [1.82, 2.24) is 4.90 Å². The standard InChI is InChI=1S/C17H24N4O3/c1-17(2,3)16(22)20-10-8-19(9-11-20)15-12-6-7-18-13(12)4-5-14(15)21(23)24/h4-5,18H,6-11H2,1-3H3. The van der Waals surface area contributed by atoms with E-state index in [9.17, 15) is 14.9 Å². The second-order valence-corrected chi connectivity index (χ2v) is 7.42. The molecule has 0 aliphatic carbocycles. The predicted molar refractivity (Wildman–Crippen MR) is 93.5 cm³/mol. The minimum absolute atomic E-state index is 0.136. The Morgan fingerprint density at radius 2 is 1.88 bits per heavy atom. The van der Waals surface area contributed by atoms with Gasteiger partial charge in [-0.1, -0.05) is 20.8 Å². The Morgan fingerprint density at radius 1 is 1.21 bits per heavy atom. The largest absolute Gasteiger partial charge is 0.384 e. The number of carbonyl (C=O) groups excluding carboxylic acids is 1. The number of piperazine rings is 1. The summed E-state index contributed by atoms with van der Waals surface area (Å²) in [5.41, 5.74) is 2.51. The van der Waals surface area contributed by atoms with Crippen molar-refractivity contribution in [3.05, 3.63) is 27.8 Å². The second kappa shape index (κ2) is 5.96. The lowest BCUT2D eigenvalue weighted by Gasteiger charge is -2.39. The Labute approximate surface area is 141 Å². The molecular formula is C17H24N4O3. The van der Waals surface area contributed by atoms with Gasteiger partial charge in [-0.3, -0.25) is 14.9 Å². The number of anilines is 2. The Morgan fingerprint density at radius 3 is 2.46 bits per heavy atom. The van der Waals surface area contributed by atoms with Crippen molar-refractivity contribution in [1.29, 1.82) is 0 Å². The lowest BCUT2D eigenvalue weighted by Crippen LogP contribution is -2.52. The van der Waals surface area contributed by atoms with Gasteiger partial charge in [0.15, 0.2) is 0 Å². The summed E-state index contributed by atoms with van der Waals surface area (Å²) < 4.78 is 0. The highest BCUT2D eigenvalue weighted by molar-refractivity contribution is 5.82. The van der Waals surface area contributed by atoms with Gasteiger partial charge in [0.25, 0.3) is 5.69 Å². The number of nitrogens with zero attached hydrogens (tertiary/aromatic N) is 3. The molecule has 0 unspecified atom stereocenters. The molecule has 7 nitrogen and oxygen atoms in total. The van der Waals surface area contributed by atoms with E-state index in [0.29, 0.717) is 26.2 Å². The lowest BCUT2D eigenvalue weighted by atomic mass is 9.94. The summed E-state index contributed by atoms with van der Waals surface area (Å²) in [4.78, 5) is 27.5. The Kier molecular flexibility index (Phi) is 4.11. The zero-order valence-corrected chi connectivity index (χ0v) is 14.5. The number of hydrogen-bond donors (Lipinski definition) is 1. The average Bonchev–Trinajstić information content (AvgIpc) is 3.01. The van der Waals surface area contributed by atoms with Gasteiger partial charge in [0.2, 0.25) is 5.91 Å². The fourth-order valence-electron chi connectivity index (χ4n) is 3.47. The lowest BCUT2D eigenvalue weighted by molar-refractivity contribution is -0.384. The van der Waals surface area contributed by atoms with Crippen LogP contribution in [0, 0.1) is 15.5 Å². The Bertz CT molecular complexity index is 673. The molecule has 0 atom stereocenters. The van der Waals surface area contributed by atoms with Gasteiger partial charge in [0, 0.05) is 55.5 Å². The molecule has 2 aliphatic heterocycles. The van der Waals surface area contributed by atoms with Crippen molar-refractivity contribution in [2.24, 2.45) is 5.41 Å². The quantitative estimate of drug-likeness (QED) is 0.664. The first-order chi connectivity index (χ1) is 11.3. The third-order valence-electron chi connectivity index (χ3n) is 4.67. The normalized spacial score (nSPS) is 17.5. The number of carbonyl (C=O) groups is 1. The Hall–Kier alpha value is -2.31. The summed E-state index contributed by atoms with van der Waals surface area (Å²) in [6, 6.07) is 3.38. The van der Waals surface area contributed by atoms with Crippen molar-refractivity contribution < 1.29 is 9.72 Å². The maximum atomic E-state index is 12.4. The maximum Gasteiger partial charge on any atom is 0.292 e. The van der Waals surface area contributed by atoms with Crippen LogP contribution < -0.4 is 10.2 Å². The summed E-state index contributed by atoms with van der Waals surface area (Å²) in [6.07, 6.45) is 0.799. The van der Waals surface area contributed by atoms with Crippen LogP contribution in [0.3, 0.4) is 0 Å². The number of nitro groups is 1. The van der Waals surface area contributed by atoms with Crippen molar-refractivity contribution in [2.75, 3.05) is 42.9 Å². The second-order valence-electron chi connectivity index (χ2n) is 7.42. The third kappa shape index (κ3) is 2.90. The van der Waals surface area contributed by atoms with Gasteiger partial charge >= 0.3 is 0 Å². The van der Waals surface area contributed by atoms with Crippen molar-refractivity contribution in [3.8, 4) is 0 Å². The molecule has 1 saturated heterocycles. The summed E-state index contributed by atoms with van der Waals surface area (Å²) in [5.74, 6) is 0.136. The van der Waals surface area contributed by atoms with Gasteiger partial charge in [0.1, 0.15) is 5.69 Å². The number of benzene rings is 1. The van der Waals surface area contributed by atoms with Crippen LogP contribution in [0.5, 0.6) is 0 Å². The van der Waals surface area contributed by atoms with Crippen LogP contribution in [0.1, 0.15) is 26.3 Å². The number of hydrogen-bond acceptors (Lipinski definition) is 5. The maximum absolute atomic E-state index is 12.4. The van der Waals surface area contributed by atoms with Crippen molar-refractivity contribution >= 4 is 23.0 Å². The van der Waals surface area contributed by atoms with E-state index in [1.54, 1.807) is 12.1 Å². The molecule has 3 rings (SSSR count). The number of nitrogens with one attached hydrogen (secondary N) is 1. The molecule has 0 bridgehead atoms. The molecule has 2 heterocycles. The van der Waals surface area contributed by atoms with Gasteiger partial charge in [0.05, 0.1) is 4.92 Å². The van der Waals surface area contributed by atoms with Gasteiger partial charge in [-0.15, -0.1) is 0 Å². The molecule has 2 aliphatic rings. The molecule has 1 aromatic rings. The summed E-state index contributed by atoms with van der Waals surface area (Å²) in [7, 11) is 0. The number of fused-ring (bicyclic) bond motifs is 1. The van der Waals surface area contributed by atoms with Gasteiger partial charge in [-0.05, 0) is 12.5 Å². The van der Waals surface area contributed by atoms with Crippen LogP contribution in [0.2, 0.25) is 0 Å². The molecule has 0 aromatic heterocycles. The van der Waals surface area contributed by atoms with Gasteiger partial charge < -0.3 is 15.1 Å². The highest BCUT2D eigenvalue weighted by Gasteiger charge is 2.33. The van der Waals surface area contributed by atoms with Crippen LogP contribution in [-0.4, -0.2) is 48.5 Å². The highest BCUT2D eigenvalue weighted by Crippen LogP contribution is 2.40. The first-order valence-electron chi connectivity index (χ1n) is 8.37. The molecular weight excluding hydrogens is 308 g/mol. The number of rotatable bonds is 2. The van der Waals surface area contributed by atoms with E-state index in [0.717, 1.165) is 29.9 Å². The summed E-state index contributed by atoms with van der Waals surface area (Å²) in [6.45, 7) is 9.02. The van der Waals surface area contributed by atoms with Gasteiger partial charge in [-0.25, -0.2) is 0 Å². The average molecular weight is 332 g/mol. The van der Waals surface area contributed by atoms with E-state index in [1.807, 2.05) is 25.7 Å². The Balaban J connectivity index is 1.84. The molecule has 0 radical (unpaired) electrons. The van der Waals surface area contributed by atoms with Crippen LogP contribution >= 0.6 is 0 Å². The topological polar surface area (TPSA) is 78.7 Å². The predicted octanol–water partition coefficient (Wildman–Crippen LogP) is 2.26. The molecule has 7 heteroatoms. The van der Waals surface area contributed by atoms with Crippen LogP contribution in [0.15, 0.2) is 12.1 Å². The smallest absolute Gasteiger partial charge is 0.292 e. The third-order valence-corrected chi connectivity index (χ3v) is 4.67. The molecule has 1 N–H and O–H groups in total. The number of nitro benzene ring substituents is 1. The molecule has 1 amide bonds. The first kappa shape index (κ1) is 16.5. The number of amides is 1. The van der Waals surface area contributed by atoms with E-state index in [4.69, 9.17) is 0 Å². The summed E-state index contributed by atoms with van der Waals surface area (Å²) in [5, 5.41) is 14.7. The minimum Gasteiger partial charge on any atom is -0.384 e. The van der Waals surface area contributed by atoms with Crippen LogP contribution in [-0.2, 0) is 11.2 Å². The molecule has 0 saturated carbocycles. The zero-order valence-electron chi connectivity index (χ0n) is 14.5. The monoisotopic (exact) mass is 332 g/mol. The zero-order chi connectivity index (χ0) is 17.5. The van der Waals surface area contributed by atoms with E-state index < -0.39 is 5.41 Å². The fraction of sp³-hybridized carbons (Fsp3) is 0.588. The van der Waals surface area contributed by atoms with E-state index in [1.165, 1.54) is 0 Å². The first-order valence-corrected chi connectivity index (χ1v) is 8.37. The SMILES string of the molecule is CC(C)(C)C(=O)N1CCN(c2c([N+](=O)[O-])ccc3c2CCN3)CC1.